The van der Waals surface area contributed by atoms with Crippen LogP contribution in [0.2, 0.25) is 0 Å². The molecule has 2 nitrogen and oxygen atoms in total. The average Bonchev–Trinajstić information content (AvgIpc) is 1.68. The van der Waals surface area contributed by atoms with Crippen molar-refractivity contribution in [2.75, 3.05) is 7.05 Å². The maximum Gasteiger partial charge on any atom is 0.0273 e. The predicted molar refractivity (Wildman–Crippen MR) is 37.0 cm³/mol. The number of rotatable bonds is 3. The minimum atomic E-state index is 0.428. The quantitative estimate of drug-likeness (QED) is 0.535. The second kappa shape index (κ2) is 4.50. The molecule has 46 valence electrons. The summed E-state index contributed by atoms with van der Waals surface area (Å²) in [5, 5.41) is 6.72. The maximum atomic E-state index is 6.72. The molecule has 0 spiro atoms. The Hall–Kier alpha value is -0.660. The van der Waals surface area contributed by atoms with E-state index >= 15 is 0 Å². The van der Waals surface area contributed by atoms with E-state index < -0.39 is 0 Å². The van der Waals surface area contributed by atoms with Gasteiger partial charge in [0.1, 0.15) is 0 Å². The SMILES string of the molecule is CN=CC(C)CC=N. The Kier molecular flexibility index (Phi) is 4.13. The lowest BCUT2D eigenvalue weighted by Crippen LogP contribution is -1.94. The highest BCUT2D eigenvalue weighted by atomic mass is 14.6. The van der Waals surface area contributed by atoms with E-state index in [-0.39, 0.29) is 0 Å². The number of hydrogen-bond donors (Lipinski definition) is 1. The van der Waals surface area contributed by atoms with E-state index in [9.17, 15) is 0 Å². The first-order valence-corrected chi connectivity index (χ1v) is 2.72. The van der Waals surface area contributed by atoms with Gasteiger partial charge in [0, 0.05) is 13.3 Å². The maximum absolute atomic E-state index is 6.72. The lowest BCUT2D eigenvalue weighted by molar-refractivity contribution is 0.841. The molecule has 1 atom stereocenters. The van der Waals surface area contributed by atoms with Crippen LogP contribution in [-0.4, -0.2) is 19.5 Å². The fourth-order valence-corrected chi connectivity index (χ4v) is 0.501. The summed E-state index contributed by atoms with van der Waals surface area (Å²) in [6.07, 6.45) is 4.06. The Labute approximate surface area is 50.1 Å². The van der Waals surface area contributed by atoms with Gasteiger partial charge in [-0.3, -0.25) is 0 Å². The normalized spacial score (nSPS) is 14.2. The molecule has 0 aliphatic carbocycles. The molecule has 0 saturated carbocycles. The van der Waals surface area contributed by atoms with Gasteiger partial charge in [0.2, 0.25) is 0 Å². The van der Waals surface area contributed by atoms with Crippen molar-refractivity contribution >= 4 is 12.4 Å². The second-order valence-electron chi connectivity index (χ2n) is 1.82. The van der Waals surface area contributed by atoms with Crippen molar-refractivity contribution in [3.05, 3.63) is 0 Å². The highest BCUT2D eigenvalue weighted by Gasteiger charge is 1.90. The summed E-state index contributed by atoms with van der Waals surface area (Å²) >= 11 is 0. The number of nitrogens with one attached hydrogen (secondary N) is 1. The van der Waals surface area contributed by atoms with Crippen LogP contribution in [0.25, 0.3) is 0 Å². The molecule has 0 aromatic carbocycles. The molecule has 0 aliphatic heterocycles. The van der Waals surface area contributed by atoms with Gasteiger partial charge in [-0.1, -0.05) is 6.92 Å². The van der Waals surface area contributed by atoms with Gasteiger partial charge >= 0.3 is 0 Å². The van der Waals surface area contributed by atoms with Gasteiger partial charge in [-0.2, -0.15) is 0 Å². The van der Waals surface area contributed by atoms with E-state index in [1.807, 2.05) is 13.1 Å². The molecule has 0 saturated heterocycles. The van der Waals surface area contributed by atoms with Crippen LogP contribution in [0.1, 0.15) is 13.3 Å². The third kappa shape index (κ3) is 3.53. The first-order valence-electron chi connectivity index (χ1n) is 2.72. The molecule has 0 bridgehead atoms. The molecule has 0 rings (SSSR count). The van der Waals surface area contributed by atoms with Crippen molar-refractivity contribution in [3.63, 3.8) is 0 Å². The zero-order valence-electron chi connectivity index (χ0n) is 5.39. The number of hydrogen-bond acceptors (Lipinski definition) is 2. The minimum Gasteiger partial charge on any atom is -0.313 e. The third-order valence-corrected chi connectivity index (χ3v) is 0.893. The molecule has 1 N–H and O–H groups in total. The molecule has 0 aromatic rings. The van der Waals surface area contributed by atoms with Crippen molar-refractivity contribution < 1.29 is 0 Å². The predicted octanol–water partition coefficient (Wildman–Crippen LogP) is 1.36. The summed E-state index contributed by atoms with van der Waals surface area (Å²) < 4.78 is 0. The van der Waals surface area contributed by atoms with Gasteiger partial charge < -0.3 is 10.4 Å². The monoisotopic (exact) mass is 112 g/mol. The summed E-state index contributed by atoms with van der Waals surface area (Å²) in [5.41, 5.74) is 0. The van der Waals surface area contributed by atoms with E-state index in [2.05, 4.69) is 4.99 Å². The topological polar surface area (TPSA) is 36.2 Å². The van der Waals surface area contributed by atoms with Gasteiger partial charge in [-0.05, 0) is 18.6 Å². The second-order valence-corrected chi connectivity index (χ2v) is 1.82. The van der Waals surface area contributed by atoms with Crippen LogP contribution in [0.5, 0.6) is 0 Å². The first-order chi connectivity index (χ1) is 3.81. The van der Waals surface area contributed by atoms with Crippen molar-refractivity contribution in [3.8, 4) is 0 Å². The van der Waals surface area contributed by atoms with Crippen LogP contribution in [0.4, 0.5) is 0 Å². The van der Waals surface area contributed by atoms with Crippen molar-refractivity contribution in [2.45, 2.75) is 13.3 Å². The zero-order chi connectivity index (χ0) is 6.41. The first kappa shape index (κ1) is 7.34. The molecule has 8 heavy (non-hydrogen) atoms. The molecule has 0 aliphatic rings. The van der Waals surface area contributed by atoms with Crippen molar-refractivity contribution in [2.24, 2.45) is 10.9 Å². The third-order valence-electron chi connectivity index (χ3n) is 0.893. The Balaban J connectivity index is 3.31. The van der Waals surface area contributed by atoms with Crippen LogP contribution < -0.4 is 0 Å². The summed E-state index contributed by atoms with van der Waals surface area (Å²) in [5.74, 6) is 0.428. The molecule has 1 unspecified atom stereocenters. The molecule has 0 amide bonds. The summed E-state index contributed by atoms with van der Waals surface area (Å²) in [4.78, 5) is 3.83. The lowest BCUT2D eigenvalue weighted by Gasteiger charge is -1.95. The fourth-order valence-electron chi connectivity index (χ4n) is 0.501. The minimum absolute atomic E-state index is 0.428. The fraction of sp³-hybridized carbons (Fsp3) is 0.667. The van der Waals surface area contributed by atoms with E-state index in [1.54, 1.807) is 7.05 Å². The molecule has 0 aromatic heterocycles. The summed E-state index contributed by atoms with van der Waals surface area (Å²) in [7, 11) is 1.75. The van der Waals surface area contributed by atoms with Crippen molar-refractivity contribution in [1.82, 2.24) is 0 Å². The van der Waals surface area contributed by atoms with Crippen LogP contribution >= 0.6 is 0 Å². The molecule has 2 heteroatoms. The molecule has 0 fully saturated rings. The molecule has 0 radical (unpaired) electrons. The van der Waals surface area contributed by atoms with E-state index in [1.165, 1.54) is 6.21 Å². The Morgan fingerprint density at radius 1 is 1.75 bits per heavy atom. The van der Waals surface area contributed by atoms with Crippen molar-refractivity contribution in [1.29, 1.82) is 5.41 Å². The van der Waals surface area contributed by atoms with Gasteiger partial charge in [-0.15, -0.1) is 0 Å². The molecular weight excluding hydrogens is 100 g/mol. The smallest absolute Gasteiger partial charge is 0.0273 e. The average molecular weight is 112 g/mol. The van der Waals surface area contributed by atoms with E-state index in [4.69, 9.17) is 5.41 Å². The zero-order valence-corrected chi connectivity index (χ0v) is 5.39. The van der Waals surface area contributed by atoms with Crippen LogP contribution in [0.15, 0.2) is 4.99 Å². The van der Waals surface area contributed by atoms with Gasteiger partial charge in [0.05, 0.1) is 0 Å². The Morgan fingerprint density at radius 3 is 2.75 bits per heavy atom. The summed E-state index contributed by atoms with van der Waals surface area (Å²) in [6.45, 7) is 2.04. The van der Waals surface area contributed by atoms with Crippen LogP contribution in [0, 0.1) is 11.3 Å². The van der Waals surface area contributed by atoms with E-state index in [0.717, 1.165) is 6.42 Å². The molecule has 0 heterocycles. The lowest BCUT2D eigenvalue weighted by atomic mass is 10.1. The summed E-state index contributed by atoms with van der Waals surface area (Å²) in [6, 6.07) is 0. The number of aliphatic imine (C=N–C) groups is 1. The van der Waals surface area contributed by atoms with E-state index in [0.29, 0.717) is 5.92 Å². The largest absolute Gasteiger partial charge is 0.313 e. The Bertz CT molecular complexity index is 86.5. The van der Waals surface area contributed by atoms with Gasteiger partial charge in [0.15, 0.2) is 0 Å². The van der Waals surface area contributed by atoms with Crippen LogP contribution in [-0.2, 0) is 0 Å². The van der Waals surface area contributed by atoms with Gasteiger partial charge in [0.25, 0.3) is 0 Å². The Morgan fingerprint density at radius 2 is 2.38 bits per heavy atom. The van der Waals surface area contributed by atoms with Gasteiger partial charge in [-0.25, -0.2) is 0 Å². The molecular formula is C6H12N2. The number of nitrogens with zero attached hydrogens (tertiary/aromatic N) is 1. The van der Waals surface area contributed by atoms with Crippen LogP contribution in [0.3, 0.4) is 0 Å². The highest BCUT2D eigenvalue weighted by Crippen LogP contribution is 1.92. The standard InChI is InChI=1S/C6H12N2/c1-6(3-4-7)5-8-2/h4-7H,3H2,1-2H3. The highest BCUT2D eigenvalue weighted by molar-refractivity contribution is 5.66.